The van der Waals surface area contributed by atoms with E-state index in [-0.39, 0.29) is 18.2 Å². The number of halogens is 1. The van der Waals surface area contributed by atoms with Gasteiger partial charge in [-0.25, -0.2) is 9.18 Å². The number of hydrogen-bond acceptors (Lipinski definition) is 6. The van der Waals surface area contributed by atoms with Crippen molar-refractivity contribution in [3.63, 3.8) is 0 Å². The molecule has 0 heterocycles. The summed E-state index contributed by atoms with van der Waals surface area (Å²) in [6.45, 7) is 3.36. The quantitative estimate of drug-likeness (QED) is 0.473. The first-order chi connectivity index (χ1) is 9.81. The number of anilines is 1. The average Bonchev–Trinajstić information content (AvgIpc) is 2.44. The summed E-state index contributed by atoms with van der Waals surface area (Å²) in [6.07, 6.45) is 0. The first kappa shape index (κ1) is 16.8. The van der Waals surface area contributed by atoms with Crippen LogP contribution in [-0.4, -0.2) is 35.8 Å². The van der Waals surface area contributed by atoms with E-state index in [1.54, 1.807) is 0 Å². The zero-order chi connectivity index (χ0) is 16.2. The van der Waals surface area contributed by atoms with Gasteiger partial charge in [0.05, 0.1) is 36.3 Å². The molecule has 0 spiro atoms. The monoisotopic (exact) mass is 300 g/mol. The molecule has 1 rings (SSSR count). The summed E-state index contributed by atoms with van der Waals surface area (Å²) >= 11 is 0. The number of carbonyl (C=O) groups is 1. The van der Waals surface area contributed by atoms with Gasteiger partial charge in [-0.15, -0.1) is 0 Å². The molecule has 0 unspecified atom stereocenters. The van der Waals surface area contributed by atoms with E-state index in [1.165, 1.54) is 0 Å². The Kier molecular flexibility index (Phi) is 5.60. The van der Waals surface area contributed by atoms with Gasteiger partial charge in [0.15, 0.2) is 0 Å². The Morgan fingerprint density at radius 2 is 2.14 bits per heavy atom. The maximum atomic E-state index is 13.7. The minimum Gasteiger partial charge on any atom is -0.465 e. The summed E-state index contributed by atoms with van der Waals surface area (Å²) < 4.78 is 18.1. The molecule has 1 atom stereocenters. The SMILES string of the molecule is COC(=O)c1cc(N[C@H](CO)C(C)C)c([N+](=O)[O-])cc1F. The highest BCUT2D eigenvalue weighted by Crippen LogP contribution is 2.29. The zero-order valence-electron chi connectivity index (χ0n) is 11.9. The Morgan fingerprint density at radius 3 is 2.57 bits per heavy atom. The van der Waals surface area contributed by atoms with Gasteiger partial charge in [-0.05, 0) is 12.0 Å². The van der Waals surface area contributed by atoms with E-state index in [0.717, 1.165) is 13.2 Å². The zero-order valence-corrected chi connectivity index (χ0v) is 11.9. The Balaban J connectivity index is 3.32. The van der Waals surface area contributed by atoms with Crippen LogP contribution in [-0.2, 0) is 4.74 Å². The number of aliphatic hydroxyl groups excluding tert-OH is 1. The molecule has 0 saturated carbocycles. The van der Waals surface area contributed by atoms with Gasteiger partial charge < -0.3 is 15.2 Å². The third-order valence-corrected chi connectivity index (χ3v) is 3.03. The van der Waals surface area contributed by atoms with Gasteiger partial charge >= 0.3 is 5.97 Å². The molecular formula is C13H17FN2O5. The van der Waals surface area contributed by atoms with E-state index >= 15 is 0 Å². The molecule has 0 amide bonds. The predicted molar refractivity (Wildman–Crippen MR) is 73.7 cm³/mol. The largest absolute Gasteiger partial charge is 0.465 e. The van der Waals surface area contributed by atoms with E-state index in [9.17, 15) is 24.4 Å². The van der Waals surface area contributed by atoms with Crippen LogP contribution >= 0.6 is 0 Å². The van der Waals surface area contributed by atoms with Crippen LogP contribution in [0.1, 0.15) is 24.2 Å². The summed E-state index contributed by atoms with van der Waals surface area (Å²) in [5.74, 6) is -2.00. The molecule has 1 aromatic rings. The molecule has 0 aliphatic carbocycles. The van der Waals surface area contributed by atoms with Crippen molar-refractivity contribution >= 4 is 17.3 Å². The lowest BCUT2D eigenvalue weighted by Crippen LogP contribution is -2.30. The molecule has 2 N–H and O–H groups in total. The first-order valence-corrected chi connectivity index (χ1v) is 6.25. The molecule has 1 aromatic carbocycles. The van der Waals surface area contributed by atoms with Crippen molar-refractivity contribution in [2.45, 2.75) is 19.9 Å². The van der Waals surface area contributed by atoms with Crippen molar-refractivity contribution in [3.05, 3.63) is 33.6 Å². The number of esters is 1. The molecule has 0 fully saturated rings. The molecule has 0 bridgehead atoms. The van der Waals surface area contributed by atoms with Gasteiger partial charge in [-0.2, -0.15) is 0 Å². The van der Waals surface area contributed by atoms with Gasteiger partial charge in [0.25, 0.3) is 5.69 Å². The first-order valence-electron chi connectivity index (χ1n) is 6.25. The van der Waals surface area contributed by atoms with Crippen LogP contribution in [0.15, 0.2) is 12.1 Å². The average molecular weight is 300 g/mol. The van der Waals surface area contributed by atoms with Crippen LogP contribution in [0, 0.1) is 21.8 Å². The lowest BCUT2D eigenvalue weighted by atomic mass is 10.0. The van der Waals surface area contributed by atoms with Gasteiger partial charge in [0, 0.05) is 0 Å². The van der Waals surface area contributed by atoms with Crippen molar-refractivity contribution in [1.82, 2.24) is 0 Å². The highest BCUT2D eigenvalue weighted by molar-refractivity contribution is 5.92. The molecule has 0 aromatic heterocycles. The summed E-state index contributed by atoms with van der Waals surface area (Å²) in [7, 11) is 1.08. The molecule has 0 aliphatic rings. The summed E-state index contributed by atoms with van der Waals surface area (Å²) in [5.41, 5.74) is -0.972. The second-order valence-corrected chi connectivity index (χ2v) is 4.78. The van der Waals surface area contributed by atoms with Crippen LogP contribution in [0.5, 0.6) is 0 Å². The Labute approximate surface area is 120 Å². The van der Waals surface area contributed by atoms with Crippen molar-refractivity contribution in [2.24, 2.45) is 5.92 Å². The standard InChI is InChI=1S/C13H17FN2O5/c1-7(2)11(6-17)15-10-4-8(13(18)21-3)9(14)5-12(10)16(19)20/h4-5,7,11,15,17H,6H2,1-3H3/t11-/m1/s1. The lowest BCUT2D eigenvalue weighted by molar-refractivity contribution is -0.384. The predicted octanol–water partition coefficient (Wildman–Crippen LogP) is 1.95. The van der Waals surface area contributed by atoms with Gasteiger partial charge in [0.1, 0.15) is 11.5 Å². The number of hydrogen-bond donors (Lipinski definition) is 2. The molecule has 116 valence electrons. The molecule has 8 heteroatoms. The Bertz CT molecular complexity index is 548. The number of nitro benzene ring substituents is 1. The number of rotatable bonds is 6. The van der Waals surface area contributed by atoms with Gasteiger partial charge in [-0.1, -0.05) is 13.8 Å². The smallest absolute Gasteiger partial charge is 0.340 e. The summed E-state index contributed by atoms with van der Waals surface area (Å²) in [4.78, 5) is 21.7. The normalized spacial score (nSPS) is 12.1. The lowest BCUT2D eigenvalue weighted by Gasteiger charge is -2.21. The minimum absolute atomic E-state index is 0.0266. The van der Waals surface area contributed by atoms with E-state index in [2.05, 4.69) is 10.1 Å². The highest BCUT2D eigenvalue weighted by Gasteiger charge is 2.24. The van der Waals surface area contributed by atoms with Crippen molar-refractivity contribution in [2.75, 3.05) is 19.0 Å². The fraction of sp³-hybridized carbons (Fsp3) is 0.462. The molecular weight excluding hydrogens is 283 g/mol. The van der Waals surface area contributed by atoms with E-state index in [1.807, 2.05) is 13.8 Å². The van der Waals surface area contributed by atoms with Crippen molar-refractivity contribution in [1.29, 1.82) is 0 Å². The summed E-state index contributed by atoms with van der Waals surface area (Å²) in [5, 5.41) is 23.0. The molecule has 21 heavy (non-hydrogen) atoms. The van der Waals surface area contributed by atoms with E-state index in [4.69, 9.17) is 0 Å². The maximum absolute atomic E-state index is 13.7. The number of methoxy groups -OCH3 is 1. The maximum Gasteiger partial charge on any atom is 0.340 e. The number of aliphatic hydroxyl groups is 1. The van der Waals surface area contributed by atoms with Crippen molar-refractivity contribution < 1.29 is 24.0 Å². The minimum atomic E-state index is -1.04. The van der Waals surface area contributed by atoms with Crippen LogP contribution in [0.25, 0.3) is 0 Å². The van der Waals surface area contributed by atoms with E-state index < -0.39 is 34.0 Å². The van der Waals surface area contributed by atoms with Gasteiger partial charge in [-0.3, -0.25) is 10.1 Å². The fourth-order valence-electron chi connectivity index (χ4n) is 1.72. The number of ether oxygens (including phenoxy) is 1. The Hall–Kier alpha value is -2.22. The number of carbonyl (C=O) groups excluding carboxylic acids is 1. The molecule has 7 nitrogen and oxygen atoms in total. The number of nitro groups is 1. The summed E-state index contributed by atoms with van der Waals surface area (Å²) in [6, 6.07) is 1.20. The topological polar surface area (TPSA) is 102 Å². The fourth-order valence-corrected chi connectivity index (χ4v) is 1.72. The molecule has 0 saturated heterocycles. The Morgan fingerprint density at radius 1 is 1.52 bits per heavy atom. The number of benzene rings is 1. The molecule has 0 aliphatic heterocycles. The van der Waals surface area contributed by atoms with Crippen LogP contribution in [0.4, 0.5) is 15.8 Å². The van der Waals surface area contributed by atoms with Crippen molar-refractivity contribution in [3.8, 4) is 0 Å². The molecule has 0 radical (unpaired) electrons. The van der Waals surface area contributed by atoms with Crippen LogP contribution < -0.4 is 5.32 Å². The van der Waals surface area contributed by atoms with Crippen LogP contribution in [0.2, 0.25) is 0 Å². The van der Waals surface area contributed by atoms with E-state index in [0.29, 0.717) is 6.07 Å². The number of nitrogens with one attached hydrogen (secondary N) is 1. The van der Waals surface area contributed by atoms with Gasteiger partial charge in [0.2, 0.25) is 0 Å². The number of nitrogens with zero attached hydrogens (tertiary/aromatic N) is 1. The third-order valence-electron chi connectivity index (χ3n) is 3.03. The third kappa shape index (κ3) is 3.88. The highest BCUT2D eigenvalue weighted by atomic mass is 19.1. The second-order valence-electron chi connectivity index (χ2n) is 4.78. The second kappa shape index (κ2) is 6.98. The van der Waals surface area contributed by atoms with Crippen LogP contribution in [0.3, 0.4) is 0 Å².